The van der Waals surface area contributed by atoms with Crippen molar-refractivity contribution in [2.45, 2.75) is 70.8 Å². The number of hydrogen-bond donors (Lipinski definition) is 1. The highest BCUT2D eigenvalue weighted by Crippen LogP contribution is 2.52. The van der Waals surface area contributed by atoms with Gasteiger partial charge in [0.05, 0.1) is 5.56 Å². The summed E-state index contributed by atoms with van der Waals surface area (Å²) in [4.78, 5) is 0. The fourth-order valence-corrected chi connectivity index (χ4v) is 4.73. The maximum Gasteiger partial charge on any atom is 0.132 e. The Morgan fingerprint density at radius 3 is 2.67 bits per heavy atom. The number of allylic oxidation sites excluding steroid dienone is 1. The number of hydrogen-bond acceptors (Lipinski definition) is 2. The summed E-state index contributed by atoms with van der Waals surface area (Å²) in [6.07, 6.45) is 6.64. The second-order valence-electron chi connectivity index (χ2n) is 8.62. The molecule has 0 amide bonds. The van der Waals surface area contributed by atoms with Crippen LogP contribution in [0.25, 0.3) is 5.57 Å². The molecule has 1 N–H and O–H groups in total. The molecule has 0 fully saturated rings. The molecule has 1 unspecified atom stereocenters. The molecule has 0 spiro atoms. The fourth-order valence-electron chi connectivity index (χ4n) is 4.73. The highest BCUT2D eigenvalue weighted by Gasteiger charge is 2.38. The van der Waals surface area contributed by atoms with Crippen molar-refractivity contribution < 1.29 is 9.84 Å². The summed E-state index contributed by atoms with van der Waals surface area (Å²) in [6.45, 7) is 6.56. The third-order valence-corrected chi connectivity index (χ3v) is 6.23. The molecule has 2 aliphatic rings. The van der Waals surface area contributed by atoms with E-state index in [4.69, 9.17) is 4.74 Å². The molecule has 0 radical (unpaired) electrons. The smallest absolute Gasteiger partial charge is 0.132 e. The minimum atomic E-state index is -0.263. The summed E-state index contributed by atoms with van der Waals surface area (Å²) in [7, 11) is 0. The van der Waals surface area contributed by atoms with E-state index in [1.807, 2.05) is 6.07 Å². The van der Waals surface area contributed by atoms with Crippen molar-refractivity contribution in [1.82, 2.24) is 0 Å². The van der Waals surface area contributed by atoms with E-state index in [-0.39, 0.29) is 5.60 Å². The lowest BCUT2D eigenvalue weighted by Crippen LogP contribution is -2.33. The van der Waals surface area contributed by atoms with Crippen LogP contribution in [0, 0.1) is 0 Å². The minimum absolute atomic E-state index is 0.263. The van der Waals surface area contributed by atoms with Crippen LogP contribution in [-0.2, 0) is 6.42 Å². The summed E-state index contributed by atoms with van der Waals surface area (Å²) in [5.74, 6) is 1.66. The number of rotatable bonds is 5. The zero-order valence-electron chi connectivity index (χ0n) is 16.7. The van der Waals surface area contributed by atoms with Gasteiger partial charge in [0.2, 0.25) is 0 Å². The highest BCUT2D eigenvalue weighted by atomic mass is 16.5. The van der Waals surface area contributed by atoms with E-state index in [0.717, 1.165) is 49.8 Å². The van der Waals surface area contributed by atoms with Gasteiger partial charge in [0.15, 0.2) is 0 Å². The Bertz CT molecular complexity index is 861. The molecule has 1 aliphatic carbocycles. The van der Waals surface area contributed by atoms with E-state index < -0.39 is 0 Å². The summed E-state index contributed by atoms with van der Waals surface area (Å²) < 4.78 is 6.36. The summed E-state index contributed by atoms with van der Waals surface area (Å²) in [6, 6.07) is 14.8. The monoisotopic (exact) mass is 362 g/mol. The van der Waals surface area contributed by atoms with Crippen LogP contribution in [0.15, 0.2) is 48.0 Å². The second kappa shape index (κ2) is 7.07. The molecule has 0 bridgehead atoms. The number of aryl methyl sites for hydroxylation is 1. The minimum Gasteiger partial charge on any atom is -0.507 e. The zero-order chi connectivity index (χ0) is 19.0. The van der Waals surface area contributed by atoms with Crippen LogP contribution in [-0.4, -0.2) is 10.7 Å². The van der Waals surface area contributed by atoms with Gasteiger partial charge in [0.1, 0.15) is 17.1 Å². The van der Waals surface area contributed by atoms with Gasteiger partial charge in [-0.1, -0.05) is 37.3 Å². The number of aromatic hydroxyl groups is 1. The van der Waals surface area contributed by atoms with Gasteiger partial charge >= 0.3 is 0 Å². The van der Waals surface area contributed by atoms with E-state index in [1.54, 1.807) is 0 Å². The van der Waals surface area contributed by atoms with E-state index in [2.05, 4.69) is 57.2 Å². The lowest BCUT2D eigenvalue weighted by Gasteiger charge is -2.35. The molecule has 0 saturated carbocycles. The molecule has 4 rings (SSSR count). The molecule has 142 valence electrons. The fraction of sp³-hybridized carbons (Fsp3) is 0.440. The van der Waals surface area contributed by atoms with E-state index in [9.17, 15) is 5.11 Å². The Balaban J connectivity index is 1.53. The van der Waals surface area contributed by atoms with Crippen molar-refractivity contribution in [2.75, 3.05) is 0 Å². The number of ether oxygens (including phenoxy) is 1. The van der Waals surface area contributed by atoms with Crippen LogP contribution >= 0.6 is 0 Å². The van der Waals surface area contributed by atoms with Gasteiger partial charge in [-0.3, -0.25) is 0 Å². The first kappa shape index (κ1) is 18.2. The van der Waals surface area contributed by atoms with Gasteiger partial charge in [0.25, 0.3) is 0 Å². The molecule has 2 aromatic carbocycles. The van der Waals surface area contributed by atoms with Crippen LogP contribution in [0.3, 0.4) is 0 Å². The zero-order valence-corrected chi connectivity index (χ0v) is 16.7. The Morgan fingerprint density at radius 2 is 1.89 bits per heavy atom. The van der Waals surface area contributed by atoms with Crippen molar-refractivity contribution in [1.29, 1.82) is 0 Å². The number of phenolic OH excluding ortho intramolecular Hbond substituents is 1. The highest BCUT2D eigenvalue weighted by molar-refractivity contribution is 5.82. The van der Waals surface area contributed by atoms with Crippen molar-refractivity contribution in [3.05, 3.63) is 64.7 Å². The Kier molecular flexibility index (Phi) is 4.75. The maximum absolute atomic E-state index is 10.8. The molecule has 1 heterocycles. The Morgan fingerprint density at radius 1 is 1.11 bits per heavy atom. The van der Waals surface area contributed by atoms with Crippen molar-refractivity contribution in [2.24, 2.45) is 0 Å². The van der Waals surface area contributed by atoms with Gasteiger partial charge in [-0.15, -0.1) is 0 Å². The standard InChI is InChI=1S/C25H30O2/c1-17(9-7-12-18-10-5-4-6-11-18)19-15-22(26)24-20-13-8-14-21(20)25(2,3)27-23(24)16-19/h4-6,10-11,15-17,26H,7-9,12-14H2,1-3H3. The Labute approximate surface area is 162 Å². The molecule has 0 saturated heterocycles. The number of phenols is 1. The van der Waals surface area contributed by atoms with Crippen molar-refractivity contribution in [3.63, 3.8) is 0 Å². The lowest BCUT2D eigenvalue weighted by atomic mass is 9.85. The maximum atomic E-state index is 10.8. The predicted molar refractivity (Wildman–Crippen MR) is 111 cm³/mol. The SMILES string of the molecule is CC(CCCc1ccccc1)c1cc(O)c2c(c1)OC(C)(C)C1=C2CCC1. The van der Waals surface area contributed by atoms with Crippen LogP contribution in [0.2, 0.25) is 0 Å². The van der Waals surface area contributed by atoms with E-state index in [0.29, 0.717) is 11.7 Å². The average Bonchev–Trinajstić information content (AvgIpc) is 3.12. The van der Waals surface area contributed by atoms with E-state index >= 15 is 0 Å². The topological polar surface area (TPSA) is 29.5 Å². The normalized spacial score (nSPS) is 18.6. The summed E-state index contributed by atoms with van der Waals surface area (Å²) >= 11 is 0. The third-order valence-electron chi connectivity index (χ3n) is 6.23. The molecule has 2 aromatic rings. The van der Waals surface area contributed by atoms with Gasteiger partial charge in [-0.25, -0.2) is 0 Å². The average molecular weight is 363 g/mol. The van der Waals surface area contributed by atoms with Crippen LogP contribution in [0.4, 0.5) is 0 Å². The first-order valence-electron chi connectivity index (χ1n) is 10.3. The third kappa shape index (κ3) is 3.50. The quantitative estimate of drug-likeness (QED) is 0.647. The molecule has 1 aliphatic heterocycles. The molecule has 2 nitrogen and oxygen atoms in total. The Hall–Kier alpha value is -2.22. The van der Waals surface area contributed by atoms with Crippen LogP contribution < -0.4 is 4.74 Å². The number of fused-ring (bicyclic) bond motifs is 2. The number of benzene rings is 2. The summed E-state index contributed by atoms with van der Waals surface area (Å²) in [5, 5.41) is 10.8. The molecule has 0 aromatic heterocycles. The second-order valence-corrected chi connectivity index (χ2v) is 8.62. The summed E-state index contributed by atoms with van der Waals surface area (Å²) in [5.41, 5.74) is 5.94. The largest absolute Gasteiger partial charge is 0.507 e. The molecule has 1 atom stereocenters. The predicted octanol–water partition coefficient (Wildman–Crippen LogP) is 6.63. The van der Waals surface area contributed by atoms with Crippen molar-refractivity contribution >= 4 is 5.57 Å². The van der Waals surface area contributed by atoms with Gasteiger partial charge in [-0.05, 0) is 92.7 Å². The molecule has 27 heavy (non-hydrogen) atoms. The van der Waals surface area contributed by atoms with Crippen LogP contribution in [0.5, 0.6) is 11.5 Å². The molecule has 2 heteroatoms. The van der Waals surface area contributed by atoms with Crippen molar-refractivity contribution in [3.8, 4) is 11.5 Å². The van der Waals surface area contributed by atoms with Gasteiger partial charge in [0, 0.05) is 0 Å². The molecular weight excluding hydrogens is 332 g/mol. The first-order chi connectivity index (χ1) is 13.0. The van der Waals surface area contributed by atoms with Gasteiger partial charge < -0.3 is 9.84 Å². The van der Waals surface area contributed by atoms with E-state index in [1.165, 1.54) is 22.3 Å². The van der Waals surface area contributed by atoms with Gasteiger partial charge in [-0.2, -0.15) is 0 Å². The lowest BCUT2D eigenvalue weighted by molar-refractivity contribution is 0.141. The van der Waals surface area contributed by atoms with Crippen LogP contribution in [0.1, 0.15) is 75.5 Å². The molecular formula is C25H30O2. The first-order valence-corrected chi connectivity index (χ1v) is 10.3.